The van der Waals surface area contributed by atoms with E-state index in [9.17, 15) is 0 Å². The highest BCUT2D eigenvalue weighted by Crippen LogP contribution is 2.19. The van der Waals surface area contributed by atoms with Gasteiger partial charge in [-0.2, -0.15) is 0 Å². The number of aromatic nitrogens is 2. The van der Waals surface area contributed by atoms with Gasteiger partial charge >= 0.3 is 5.65 Å². The van der Waals surface area contributed by atoms with Gasteiger partial charge in [0.1, 0.15) is 12.4 Å². The number of halogens is 2. The second-order valence-electron chi connectivity index (χ2n) is 3.93. The van der Waals surface area contributed by atoms with E-state index in [4.69, 9.17) is 23.2 Å². The van der Waals surface area contributed by atoms with Gasteiger partial charge < -0.3 is 0 Å². The van der Waals surface area contributed by atoms with Crippen LogP contribution in [-0.4, -0.2) is 4.98 Å². The van der Waals surface area contributed by atoms with Crippen LogP contribution < -0.4 is 4.40 Å². The van der Waals surface area contributed by atoms with Crippen molar-refractivity contribution in [2.24, 2.45) is 0 Å². The average Bonchev–Trinajstić information content (AvgIpc) is 2.39. The number of fused-ring (bicyclic) bond motifs is 1. The highest BCUT2D eigenvalue weighted by atomic mass is 35.5. The van der Waals surface area contributed by atoms with Gasteiger partial charge in [-0.3, -0.25) is 0 Å². The molecule has 0 fully saturated rings. The molecular weight excluding hydrogens is 267 g/mol. The Kier molecular flexibility index (Phi) is 2.90. The van der Waals surface area contributed by atoms with Crippen molar-refractivity contribution < 1.29 is 4.40 Å². The van der Waals surface area contributed by atoms with Crippen molar-refractivity contribution in [1.29, 1.82) is 0 Å². The lowest BCUT2D eigenvalue weighted by atomic mass is 10.1. The van der Waals surface area contributed by atoms with Crippen molar-refractivity contribution in [2.45, 2.75) is 0 Å². The van der Waals surface area contributed by atoms with Gasteiger partial charge in [-0.15, -0.1) is 0 Å². The summed E-state index contributed by atoms with van der Waals surface area (Å²) in [4.78, 5) is 4.58. The summed E-state index contributed by atoms with van der Waals surface area (Å²) in [6.45, 7) is 0. The van der Waals surface area contributed by atoms with E-state index in [-0.39, 0.29) is 0 Å². The van der Waals surface area contributed by atoms with Crippen LogP contribution in [0.2, 0.25) is 10.0 Å². The number of hydrogen-bond acceptors (Lipinski definition) is 1. The lowest BCUT2D eigenvalue weighted by Crippen LogP contribution is -2.21. The third-order valence-electron chi connectivity index (χ3n) is 2.69. The molecule has 0 N–H and O–H groups in total. The van der Waals surface area contributed by atoms with Crippen molar-refractivity contribution in [3.05, 3.63) is 64.9 Å². The maximum absolute atomic E-state index is 5.93. The number of nitrogens with zero attached hydrogens (tertiary/aromatic N) is 2. The summed E-state index contributed by atoms with van der Waals surface area (Å²) in [6.07, 6.45) is 3.77. The van der Waals surface area contributed by atoms with E-state index in [0.29, 0.717) is 5.02 Å². The zero-order chi connectivity index (χ0) is 12.5. The molecule has 2 aromatic heterocycles. The van der Waals surface area contributed by atoms with Crippen LogP contribution in [0.1, 0.15) is 0 Å². The van der Waals surface area contributed by atoms with Crippen molar-refractivity contribution in [1.82, 2.24) is 4.98 Å². The maximum Gasteiger partial charge on any atom is 0.328 e. The molecule has 0 aliphatic carbocycles. The van der Waals surface area contributed by atoms with Gasteiger partial charge in [0.05, 0.1) is 5.02 Å². The predicted molar refractivity (Wildman–Crippen MR) is 72.9 cm³/mol. The molecule has 0 spiro atoms. The fourth-order valence-electron chi connectivity index (χ4n) is 1.79. The van der Waals surface area contributed by atoms with Crippen LogP contribution in [-0.2, 0) is 0 Å². The van der Waals surface area contributed by atoms with Crippen molar-refractivity contribution in [2.75, 3.05) is 0 Å². The van der Waals surface area contributed by atoms with E-state index >= 15 is 0 Å². The van der Waals surface area contributed by atoms with Crippen LogP contribution in [0.25, 0.3) is 16.9 Å². The monoisotopic (exact) mass is 275 g/mol. The molecular formula is C14H9Cl2N2+. The standard InChI is InChI=1S/C14H9Cl2N2/c15-11-3-1-10(2-4-11)13-7-8-18-9-12(16)5-6-14(18)17-13/h1-9H/q+1. The molecule has 3 rings (SSSR count). The molecule has 0 saturated carbocycles. The van der Waals surface area contributed by atoms with E-state index in [1.807, 2.05) is 59.3 Å². The van der Waals surface area contributed by atoms with Crippen LogP contribution in [0, 0.1) is 0 Å². The Bertz CT molecular complexity index is 709. The highest BCUT2D eigenvalue weighted by Gasteiger charge is 2.09. The average molecular weight is 276 g/mol. The summed E-state index contributed by atoms with van der Waals surface area (Å²) < 4.78 is 1.89. The van der Waals surface area contributed by atoms with Gasteiger partial charge in [0.15, 0.2) is 5.69 Å². The van der Waals surface area contributed by atoms with Gasteiger partial charge in [-0.25, -0.2) is 4.40 Å². The molecule has 0 bridgehead atoms. The van der Waals surface area contributed by atoms with Crippen LogP contribution in [0.3, 0.4) is 0 Å². The minimum Gasteiger partial charge on any atom is -0.202 e. The van der Waals surface area contributed by atoms with Gasteiger partial charge in [0.25, 0.3) is 0 Å². The molecule has 0 saturated heterocycles. The highest BCUT2D eigenvalue weighted by molar-refractivity contribution is 6.30. The van der Waals surface area contributed by atoms with E-state index < -0.39 is 0 Å². The molecule has 0 unspecified atom stereocenters. The first-order chi connectivity index (χ1) is 8.72. The van der Waals surface area contributed by atoms with Crippen molar-refractivity contribution in [3.8, 4) is 11.3 Å². The minimum atomic E-state index is 0.688. The first-order valence-electron chi connectivity index (χ1n) is 5.46. The Morgan fingerprint density at radius 3 is 2.33 bits per heavy atom. The van der Waals surface area contributed by atoms with E-state index in [1.165, 1.54) is 0 Å². The lowest BCUT2D eigenvalue weighted by Gasteiger charge is -1.97. The van der Waals surface area contributed by atoms with Gasteiger partial charge in [0.2, 0.25) is 0 Å². The molecule has 0 amide bonds. The summed E-state index contributed by atoms with van der Waals surface area (Å²) in [5.41, 5.74) is 2.80. The Balaban J connectivity index is 2.13. The summed E-state index contributed by atoms with van der Waals surface area (Å²) in [7, 11) is 0. The predicted octanol–water partition coefficient (Wildman–Crippen LogP) is 3.79. The molecule has 1 aromatic carbocycles. The number of rotatable bonds is 1. The summed E-state index contributed by atoms with van der Waals surface area (Å²) in [6, 6.07) is 13.3. The molecule has 0 aliphatic heterocycles. The fourth-order valence-corrected chi connectivity index (χ4v) is 2.08. The zero-order valence-electron chi connectivity index (χ0n) is 9.35. The molecule has 0 atom stereocenters. The Hall–Kier alpha value is -1.64. The van der Waals surface area contributed by atoms with E-state index in [2.05, 4.69) is 4.98 Å². The molecule has 2 heterocycles. The maximum atomic E-state index is 5.93. The van der Waals surface area contributed by atoms with Crippen LogP contribution >= 0.6 is 23.2 Å². The number of benzene rings is 1. The van der Waals surface area contributed by atoms with Gasteiger partial charge in [0, 0.05) is 22.7 Å². The number of pyridine rings is 1. The molecule has 0 aliphatic rings. The Labute approximate surface area is 114 Å². The normalized spacial score (nSPS) is 10.8. The van der Waals surface area contributed by atoms with Crippen molar-refractivity contribution in [3.63, 3.8) is 0 Å². The van der Waals surface area contributed by atoms with Crippen LogP contribution in [0.15, 0.2) is 54.9 Å². The minimum absolute atomic E-state index is 0.688. The second kappa shape index (κ2) is 4.56. The van der Waals surface area contributed by atoms with E-state index in [0.717, 1.165) is 21.9 Å². The summed E-state index contributed by atoms with van der Waals surface area (Å²) in [5, 5.41) is 1.41. The molecule has 3 aromatic rings. The summed E-state index contributed by atoms with van der Waals surface area (Å²) in [5.74, 6) is 0. The molecule has 18 heavy (non-hydrogen) atoms. The first-order valence-corrected chi connectivity index (χ1v) is 6.21. The molecule has 0 radical (unpaired) electrons. The quantitative estimate of drug-likeness (QED) is 0.618. The largest absolute Gasteiger partial charge is 0.328 e. The number of hydrogen-bond donors (Lipinski definition) is 0. The first kappa shape index (κ1) is 11.5. The third-order valence-corrected chi connectivity index (χ3v) is 3.16. The second-order valence-corrected chi connectivity index (χ2v) is 4.81. The fraction of sp³-hybridized carbons (Fsp3) is 0. The van der Waals surface area contributed by atoms with Crippen molar-refractivity contribution >= 4 is 28.8 Å². The lowest BCUT2D eigenvalue weighted by molar-refractivity contribution is -0.514. The van der Waals surface area contributed by atoms with E-state index in [1.54, 1.807) is 0 Å². The van der Waals surface area contributed by atoms with Gasteiger partial charge in [-0.05, 0) is 35.3 Å². The topological polar surface area (TPSA) is 17.0 Å². The van der Waals surface area contributed by atoms with Crippen LogP contribution in [0.4, 0.5) is 0 Å². The third kappa shape index (κ3) is 2.17. The molecule has 88 valence electrons. The zero-order valence-corrected chi connectivity index (χ0v) is 10.9. The van der Waals surface area contributed by atoms with Crippen LogP contribution in [0.5, 0.6) is 0 Å². The Morgan fingerprint density at radius 2 is 1.56 bits per heavy atom. The SMILES string of the molecule is Clc1ccc(-c2cc[n+]3cc(Cl)ccc3n2)cc1. The molecule has 4 heteroatoms. The van der Waals surface area contributed by atoms with Gasteiger partial charge in [-0.1, -0.05) is 23.2 Å². The smallest absolute Gasteiger partial charge is 0.202 e. The molecule has 2 nitrogen and oxygen atoms in total. The summed E-state index contributed by atoms with van der Waals surface area (Å²) >= 11 is 11.8. The Morgan fingerprint density at radius 1 is 0.833 bits per heavy atom.